The number of nitrogens with one attached hydrogen (secondary N) is 1. The molecule has 1 aromatic heterocycles. The molecular formula is C40H50ClN5O5S. The number of aromatic nitrogens is 2. The van der Waals surface area contributed by atoms with Crippen molar-refractivity contribution >= 4 is 39.0 Å². The van der Waals surface area contributed by atoms with Crippen LogP contribution in [0.2, 0.25) is 5.02 Å². The molecule has 1 unspecified atom stereocenters. The van der Waals surface area contributed by atoms with Crippen LogP contribution in [0.1, 0.15) is 78.2 Å². The highest BCUT2D eigenvalue weighted by molar-refractivity contribution is 7.92. The Morgan fingerprint density at radius 3 is 2.75 bits per heavy atom. The van der Waals surface area contributed by atoms with Gasteiger partial charge in [-0.1, -0.05) is 36.7 Å². The number of hydrogen-bond acceptors (Lipinski definition) is 7. The molecule has 1 N–H and O–H groups in total. The molecular weight excluding hydrogens is 698 g/mol. The molecule has 52 heavy (non-hydrogen) atoms. The van der Waals surface area contributed by atoms with Gasteiger partial charge in [-0.15, -0.1) is 4.36 Å². The maximum Gasteiger partial charge on any atom is 0.286 e. The van der Waals surface area contributed by atoms with E-state index in [1.807, 2.05) is 38.4 Å². The van der Waals surface area contributed by atoms with Crippen molar-refractivity contribution in [2.75, 3.05) is 30.9 Å². The monoisotopic (exact) mass is 747 g/mol. The molecule has 0 spiro atoms. The lowest BCUT2D eigenvalue weighted by Gasteiger charge is -2.43. The SMILES string of the molecule is CO[C@H]1/C=C/C[C@H](C)CS(=O)(NC(=O)[C@H]2CCc3cnn(C)c3C2)=NC(=O)c2ccc3c(c2)N(Cc2ccc(Cl)cc2CCCCO3)C[C@@H]2CC[C@H]21. The fourth-order valence-electron chi connectivity index (χ4n) is 8.28. The molecule has 0 radical (unpaired) electrons. The third-order valence-corrected chi connectivity index (χ3v) is 13.6. The minimum absolute atomic E-state index is 0.0434. The van der Waals surface area contributed by atoms with Crippen molar-refractivity contribution in [2.45, 2.75) is 77.4 Å². The van der Waals surface area contributed by atoms with Gasteiger partial charge >= 0.3 is 0 Å². The van der Waals surface area contributed by atoms with Crippen molar-refractivity contribution in [3.05, 3.63) is 87.7 Å². The van der Waals surface area contributed by atoms with Gasteiger partial charge in [0.1, 0.15) is 15.7 Å². The molecule has 10 nitrogen and oxygen atoms in total. The van der Waals surface area contributed by atoms with E-state index in [0.717, 1.165) is 60.6 Å². The quantitative estimate of drug-likeness (QED) is 0.291. The maximum atomic E-state index is 14.7. The highest BCUT2D eigenvalue weighted by atomic mass is 35.5. The average Bonchev–Trinajstić information content (AvgIpc) is 3.47. The minimum Gasteiger partial charge on any atom is -0.491 e. The van der Waals surface area contributed by atoms with Crippen LogP contribution in [0.25, 0.3) is 0 Å². The number of amides is 2. The van der Waals surface area contributed by atoms with Crippen molar-refractivity contribution in [3.63, 3.8) is 0 Å². The summed E-state index contributed by atoms with van der Waals surface area (Å²) in [6.45, 7) is 3.87. The van der Waals surface area contributed by atoms with Crippen LogP contribution < -0.4 is 14.4 Å². The highest BCUT2D eigenvalue weighted by Crippen LogP contribution is 2.42. The van der Waals surface area contributed by atoms with Gasteiger partial charge < -0.3 is 14.4 Å². The topological polar surface area (TPSA) is 115 Å². The van der Waals surface area contributed by atoms with Crippen LogP contribution in [-0.2, 0) is 52.3 Å². The second kappa shape index (κ2) is 15.7. The van der Waals surface area contributed by atoms with Gasteiger partial charge in [0.25, 0.3) is 5.91 Å². The van der Waals surface area contributed by atoms with Crippen molar-refractivity contribution in [3.8, 4) is 5.75 Å². The molecule has 6 atom stereocenters. The second-order valence-corrected chi connectivity index (χ2v) is 17.5. The number of nitrogens with zero attached hydrogens (tertiary/aromatic N) is 4. The lowest BCUT2D eigenvalue weighted by Crippen LogP contribution is -2.43. The highest BCUT2D eigenvalue weighted by Gasteiger charge is 2.38. The van der Waals surface area contributed by atoms with Gasteiger partial charge in [0.15, 0.2) is 0 Å². The molecule has 3 heterocycles. The molecule has 7 rings (SSSR count). The van der Waals surface area contributed by atoms with Crippen LogP contribution in [0, 0.1) is 23.7 Å². The summed E-state index contributed by atoms with van der Waals surface area (Å²) in [6, 6.07) is 11.5. The van der Waals surface area contributed by atoms with Crippen LogP contribution in [-0.4, -0.2) is 57.9 Å². The summed E-state index contributed by atoms with van der Waals surface area (Å²) in [6.07, 6.45) is 13.3. The number of hydrogen-bond donors (Lipinski definition) is 1. The van der Waals surface area contributed by atoms with Gasteiger partial charge in [-0.25, -0.2) is 4.21 Å². The van der Waals surface area contributed by atoms with Crippen LogP contribution in [0.5, 0.6) is 5.75 Å². The third-order valence-electron chi connectivity index (χ3n) is 11.4. The molecule has 3 aromatic rings. The Labute approximate surface area is 312 Å². The second-order valence-electron chi connectivity index (χ2n) is 15.1. The average molecular weight is 748 g/mol. The first kappa shape index (κ1) is 36.7. The van der Waals surface area contributed by atoms with Gasteiger partial charge in [-0.05, 0) is 116 Å². The van der Waals surface area contributed by atoms with E-state index < -0.39 is 21.7 Å². The normalized spacial score (nSPS) is 28.7. The number of fused-ring (bicyclic) bond motifs is 4. The predicted octanol–water partition coefficient (Wildman–Crippen LogP) is 6.88. The largest absolute Gasteiger partial charge is 0.491 e. The zero-order valence-electron chi connectivity index (χ0n) is 30.4. The molecule has 2 aliphatic carbocycles. The molecule has 2 bridgehead atoms. The van der Waals surface area contributed by atoms with Gasteiger partial charge in [0, 0.05) is 55.9 Å². The van der Waals surface area contributed by atoms with E-state index in [2.05, 4.69) is 43.4 Å². The van der Waals surface area contributed by atoms with Crippen LogP contribution >= 0.6 is 11.6 Å². The van der Waals surface area contributed by atoms with Gasteiger partial charge in [-0.3, -0.25) is 19.0 Å². The van der Waals surface area contributed by atoms with Crippen molar-refractivity contribution in [1.29, 1.82) is 0 Å². The molecule has 4 aliphatic rings. The van der Waals surface area contributed by atoms with E-state index >= 15 is 0 Å². The fourth-order valence-corrected chi connectivity index (χ4v) is 10.4. The Balaban J connectivity index is 1.28. The fraction of sp³-hybridized carbons (Fsp3) is 0.525. The summed E-state index contributed by atoms with van der Waals surface area (Å²) < 4.78 is 36.2. The summed E-state index contributed by atoms with van der Waals surface area (Å²) in [4.78, 5) is 30.2. The number of aryl methyl sites for hydroxylation is 3. The van der Waals surface area contributed by atoms with E-state index in [1.165, 1.54) is 11.1 Å². The lowest BCUT2D eigenvalue weighted by molar-refractivity contribution is -0.123. The molecule has 1 saturated carbocycles. The first-order valence-electron chi connectivity index (χ1n) is 18.7. The summed E-state index contributed by atoms with van der Waals surface area (Å²) in [7, 11) is 0.147. The van der Waals surface area contributed by atoms with E-state index in [0.29, 0.717) is 62.0 Å². The van der Waals surface area contributed by atoms with E-state index in [4.69, 9.17) is 21.1 Å². The number of carbonyl (C=O) groups is 2. The molecule has 2 aromatic carbocycles. The van der Waals surface area contributed by atoms with Crippen molar-refractivity contribution in [1.82, 2.24) is 14.5 Å². The lowest BCUT2D eigenvalue weighted by atomic mass is 9.70. The Morgan fingerprint density at radius 1 is 1.08 bits per heavy atom. The number of benzene rings is 2. The van der Waals surface area contributed by atoms with E-state index in [-0.39, 0.29) is 23.7 Å². The Bertz CT molecular complexity index is 1970. The van der Waals surface area contributed by atoms with Crippen LogP contribution in [0.3, 0.4) is 0 Å². The smallest absolute Gasteiger partial charge is 0.286 e. The number of halogens is 1. The predicted molar refractivity (Wildman–Crippen MR) is 204 cm³/mol. The summed E-state index contributed by atoms with van der Waals surface area (Å²) in [5, 5.41) is 5.08. The Hall–Kier alpha value is -3.67. The Kier molecular flexibility index (Phi) is 11.1. The zero-order valence-corrected chi connectivity index (χ0v) is 32.0. The number of methoxy groups -OCH3 is 1. The standard InChI is InChI=1S/C40H50ClN5O5S/c1-26-7-6-9-37(50-3)34-16-13-32(34)24-46-23-31-12-15-33(41)19-27(31)8-4-5-18-51-38-17-14-29(21-36(38)46)40(48)44-52(49,25-26)43-39(47)28-10-11-30-22-42-45(2)35(30)20-28/h6,9,12,14-15,17,19,21-22,26,28,32,34,37H,4-5,7-8,10-11,13,16,18,20,23-25H2,1-3H3,(H,43,44,47,48,49)/b9-6+/t26-,28-,32-,34+,37-,52?/m0/s1. The molecule has 2 amide bonds. The number of ether oxygens (including phenoxy) is 2. The van der Waals surface area contributed by atoms with E-state index in [9.17, 15) is 13.8 Å². The number of anilines is 1. The van der Waals surface area contributed by atoms with Gasteiger partial charge in [0.05, 0.1) is 30.3 Å². The third kappa shape index (κ3) is 8.11. The number of rotatable bonds is 3. The van der Waals surface area contributed by atoms with Gasteiger partial charge in [0.2, 0.25) is 5.91 Å². The van der Waals surface area contributed by atoms with Crippen LogP contribution in [0.4, 0.5) is 5.69 Å². The van der Waals surface area contributed by atoms with E-state index in [1.54, 1.807) is 17.9 Å². The molecule has 1 fully saturated rings. The Morgan fingerprint density at radius 2 is 1.94 bits per heavy atom. The van der Waals surface area contributed by atoms with Crippen molar-refractivity contribution in [2.24, 2.45) is 35.1 Å². The number of allylic oxidation sites excluding steroid dienone is 1. The molecule has 12 heteroatoms. The first-order valence-corrected chi connectivity index (χ1v) is 20.7. The maximum absolute atomic E-state index is 14.7. The number of carbonyl (C=O) groups excluding carboxylic acids is 2. The van der Waals surface area contributed by atoms with Crippen LogP contribution in [0.15, 0.2) is 59.1 Å². The molecule has 278 valence electrons. The van der Waals surface area contributed by atoms with Gasteiger partial charge in [-0.2, -0.15) is 5.10 Å². The molecule has 2 aliphatic heterocycles. The summed E-state index contributed by atoms with van der Waals surface area (Å²) in [5.74, 6) is -0.0429. The minimum atomic E-state index is -3.49. The van der Waals surface area contributed by atoms with Crippen molar-refractivity contribution < 1.29 is 23.3 Å². The molecule has 0 saturated heterocycles. The first-order chi connectivity index (χ1) is 25.1. The summed E-state index contributed by atoms with van der Waals surface area (Å²) in [5.41, 5.74) is 5.65. The zero-order chi connectivity index (χ0) is 36.4. The summed E-state index contributed by atoms with van der Waals surface area (Å²) >= 11 is 6.48.